The van der Waals surface area contributed by atoms with Crippen LogP contribution in [0.25, 0.3) is 16.9 Å². The number of anilines is 2. The molecule has 0 amide bonds. The van der Waals surface area contributed by atoms with Gasteiger partial charge in [-0.2, -0.15) is 9.78 Å². The van der Waals surface area contributed by atoms with E-state index in [1.807, 2.05) is 64.2 Å². The Morgan fingerprint density at radius 2 is 1.79 bits per heavy atom. The summed E-state index contributed by atoms with van der Waals surface area (Å²) in [7, 11) is 0. The minimum atomic E-state index is 0.333. The van der Waals surface area contributed by atoms with Crippen molar-refractivity contribution in [1.82, 2.24) is 24.7 Å². The zero-order valence-electron chi connectivity index (χ0n) is 19.5. The molecular formula is C25H28N6O2. The average molecular weight is 445 g/mol. The summed E-state index contributed by atoms with van der Waals surface area (Å²) >= 11 is 0. The van der Waals surface area contributed by atoms with Crippen LogP contribution in [-0.4, -0.2) is 30.0 Å². The Morgan fingerprint density at radius 1 is 0.970 bits per heavy atom. The number of hydrogen-bond donors (Lipinski definition) is 2. The van der Waals surface area contributed by atoms with Gasteiger partial charge in [-0.3, -0.25) is 9.97 Å². The van der Waals surface area contributed by atoms with E-state index in [0.29, 0.717) is 29.5 Å². The summed E-state index contributed by atoms with van der Waals surface area (Å²) in [5.74, 6) is 1.67. The lowest BCUT2D eigenvalue weighted by molar-refractivity contribution is -0.136. The maximum absolute atomic E-state index is 9.56. The molecule has 33 heavy (non-hydrogen) atoms. The number of pyridine rings is 1. The van der Waals surface area contributed by atoms with Crippen LogP contribution in [0.3, 0.4) is 0 Å². The Labute approximate surface area is 193 Å². The monoisotopic (exact) mass is 444 g/mol. The van der Waals surface area contributed by atoms with Crippen LogP contribution in [0, 0.1) is 20.8 Å². The zero-order valence-corrected chi connectivity index (χ0v) is 19.5. The molecule has 3 aromatic heterocycles. The molecule has 4 rings (SSSR count). The fraction of sp³-hybridized carbons (Fsp3) is 0.280. The number of aromatic nitrogens is 5. The van der Waals surface area contributed by atoms with Gasteiger partial charge >= 0.3 is 0 Å². The van der Waals surface area contributed by atoms with E-state index >= 15 is 0 Å². The highest BCUT2D eigenvalue weighted by molar-refractivity contribution is 5.83. The second kappa shape index (κ2) is 9.38. The molecule has 0 aliphatic carbocycles. The molecular weight excluding hydrogens is 416 g/mol. The van der Waals surface area contributed by atoms with E-state index in [1.165, 1.54) is 0 Å². The lowest BCUT2D eigenvalue weighted by Gasteiger charge is -2.15. The molecule has 170 valence electrons. The topological polar surface area (TPSA) is 98.0 Å². The van der Waals surface area contributed by atoms with E-state index in [-0.39, 0.29) is 0 Å². The highest BCUT2D eigenvalue weighted by Crippen LogP contribution is 2.38. The van der Waals surface area contributed by atoms with Gasteiger partial charge in [0.15, 0.2) is 11.6 Å². The smallest absolute Gasteiger partial charge is 0.188 e. The lowest BCUT2D eigenvalue weighted by atomic mass is 10.1. The minimum Gasteiger partial charge on any atom is -0.338 e. The van der Waals surface area contributed by atoms with Crippen LogP contribution in [0.4, 0.5) is 11.5 Å². The highest BCUT2D eigenvalue weighted by atomic mass is 17.1. The van der Waals surface area contributed by atoms with E-state index in [1.54, 1.807) is 10.9 Å². The highest BCUT2D eigenvalue weighted by Gasteiger charge is 2.23. The molecule has 4 aromatic rings. The molecule has 0 fully saturated rings. The quantitative estimate of drug-likeness (QED) is 0.292. The van der Waals surface area contributed by atoms with Gasteiger partial charge in [0.2, 0.25) is 0 Å². The second-order valence-electron chi connectivity index (χ2n) is 7.94. The minimum absolute atomic E-state index is 0.333. The van der Waals surface area contributed by atoms with Gasteiger partial charge in [0.1, 0.15) is 5.82 Å². The Morgan fingerprint density at radius 3 is 2.45 bits per heavy atom. The fourth-order valence-corrected chi connectivity index (χ4v) is 3.72. The molecule has 0 bridgehead atoms. The van der Waals surface area contributed by atoms with Crippen LogP contribution in [0.5, 0.6) is 5.75 Å². The number of aryl methyl sites for hydroxylation is 5. The third-order valence-corrected chi connectivity index (χ3v) is 5.55. The molecule has 8 nitrogen and oxygen atoms in total. The van der Waals surface area contributed by atoms with E-state index < -0.39 is 0 Å². The summed E-state index contributed by atoms with van der Waals surface area (Å²) < 4.78 is 1.78. The lowest BCUT2D eigenvalue weighted by Crippen LogP contribution is -2.09. The molecule has 0 aliphatic rings. The number of nitrogens with one attached hydrogen (secondary N) is 1. The number of rotatable bonds is 7. The molecule has 8 heteroatoms. The Hall–Kier alpha value is -3.78. The van der Waals surface area contributed by atoms with Gasteiger partial charge in [-0.25, -0.2) is 10.2 Å². The van der Waals surface area contributed by atoms with Crippen LogP contribution in [0.1, 0.15) is 42.2 Å². The van der Waals surface area contributed by atoms with Crippen molar-refractivity contribution in [3.05, 3.63) is 71.1 Å². The Balaban J connectivity index is 1.97. The third-order valence-electron chi connectivity index (χ3n) is 5.55. The third kappa shape index (κ3) is 4.42. The summed E-state index contributed by atoms with van der Waals surface area (Å²) in [6.45, 7) is 9.88. The van der Waals surface area contributed by atoms with Gasteiger partial charge in [-0.1, -0.05) is 26.0 Å². The molecule has 0 atom stereocenters. The summed E-state index contributed by atoms with van der Waals surface area (Å²) in [4.78, 5) is 18.4. The van der Waals surface area contributed by atoms with Crippen molar-refractivity contribution < 1.29 is 10.1 Å². The van der Waals surface area contributed by atoms with Gasteiger partial charge in [-0.05, 0) is 57.4 Å². The maximum Gasteiger partial charge on any atom is 0.188 e. The van der Waals surface area contributed by atoms with Crippen LogP contribution < -0.4 is 10.2 Å². The molecule has 0 saturated carbocycles. The van der Waals surface area contributed by atoms with Crippen molar-refractivity contribution in [2.24, 2.45) is 0 Å². The first-order valence-electron chi connectivity index (χ1n) is 11.0. The largest absolute Gasteiger partial charge is 0.338 e. The van der Waals surface area contributed by atoms with Crippen LogP contribution in [-0.2, 0) is 12.8 Å². The van der Waals surface area contributed by atoms with E-state index in [9.17, 15) is 5.26 Å². The predicted octanol–water partition coefficient (Wildman–Crippen LogP) is 5.37. The first-order valence-corrected chi connectivity index (χ1v) is 11.0. The normalized spacial score (nSPS) is 11.0. The number of hydrogen-bond acceptors (Lipinski definition) is 7. The number of benzene rings is 1. The Kier molecular flexibility index (Phi) is 6.37. The van der Waals surface area contributed by atoms with Gasteiger partial charge < -0.3 is 10.2 Å². The van der Waals surface area contributed by atoms with Crippen molar-refractivity contribution in [1.29, 1.82) is 0 Å². The Bertz CT molecular complexity index is 1280. The van der Waals surface area contributed by atoms with E-state index in [2.05, 4.69) is 22.2 Å². The maximum atomic E-state index is 9.56. The molecule has 0 aliphatic heterocycles. The average Bonchev–Trinajstić information content (AvgIpc) is 3.19. The molecule has 0 unspecified atom stereocenters. The fourth-order valence-electron chi connectivity index (χ4n) is 3.72. The molecule has 0 radical (unpaired) electrons. The molecule has 1 aromatic carbocycles. The van der Waals surface area contributed by atoms with Gasteiger partial charge in [0.05, 0.1) is 22.8 Å². The van der Waals surface area contributed by atoms with Gasteiger partial charge in [-0.15, -0.1) is 0 Å². The van der Waals surface area contributed by atoms with Crippen molar-refractivity contribution >= 4 is 11.5 Å². The predicted molar refractivity (Wildman–Crippen MR) is 128 cm³/mol. The van der Waals surface area contributed by atoms with Gasteiger partial charge in [0.25, 0.3) is 0 Å². The van der Waals surface area contributed by atoms with Crippen LogP contribution in [0.15, 0.2) is 42.7 Å². The molecule has 0 saturated heterocycles. The summed E-state index contributed by atoms with van der Waals surface area (Å²) in [6, 6.07) is 9.71. The van der Waals surface area contributed by atoms with Crippen molar-refractivity contribution in [2.45, 2.75) is 47.5 Å². The first-order chi connectivity index (χ1) is 15.9. The molecule has 3 heterocycles. The first kappa shape index (κ1) is 22.4. The summed E-state index contributed by atoms with van der Waals surface area (Å²) in [6.07, 6.45) is 5.12. The van der Waals surface area contributed by atoms with E-state index in [4.69, 9.17) is 15.0 Å². The summed E-state index contributed by atoms with van der Waals surface area (Å²) in [5.41, 5.74) is 6.88. The van der Waals surface area contributed by atoms with Gasteiger partial charge in [0, 0.05) is 29.2 Å². The number of nitrogens with zero attached hydrogens (tertiary/aromatic N) is 5. The standard InChI is InChI=1S/C25H28N6O2/c1-6-18-9-11-21(22(12-18)33-32)29-25-23(19-10-8-15(3)26-14-19)20(7-2)30-31(25)24-17(5)27-13-16(4)28-24/h8-14,29,32H,6-7H2,1-5H3. The SMILES string of the molecule is CCc1ccc(Nc2c(-c3ccc(C)nc3)c(CC)nn2-c2nc(C)cnc2C)c(OO)c1. The van der Waals surface area contributed by atoms with E-state index in [0.717, 1.165) is 45.9 Å². The van der Waals surface area contributed by atoms with Crippen molar-refractivity contribution in [3.63, 3.8) is 0 Å². The van der Waals surface area contributed by atoms with Crippen molar-refractivity contribution in [2.75, 3.05) is 5.32 Å². The van der Waals surface area contributed by atoms with Crippen LogP contribution in [0.2, 0.25) is 0 Å². The van der Waals surface area contributed by atoms with Crippen molar-refractivity contribution in [3.8, 4) is 22.7 Å². The summed E-state index contributed by atoms with van der Waals surface area (Å²) in [5, 5.41) is 17.9. The van der Waals surface area contributed by atoms with Crippen LogP contribution >= 0.6 is 0 Å². The molecule has 0 spiro atoms. The molecule has 2 N–H and O–H groups in total. The second-order valence-corrected chi connectivity index (χ2v) is 7.94. The zero-order chi connectivity index (χ0) is 23.5.